The third kappa shape index (κ3) is 5.14. The van der Waals surface area contributed by atoms with Crippen LogP contribution in [0.25, 0.3) is 0 Å². The molecule has 1 amide bonds. The normalized spacial score (nSPS) is 26.3. The molecule has 88 valence electrons. The number of amides is 1. The number of nitrogens with one attached hydrogen (secondary N) is 3. The molecule has 1 fully saturated rings. The Hall–Kier alpha value is -0.610. The van der Waals surface area contributed by atoms with E-state index in [1.807, 2.05) is 7.05 Å². The Labute approximate surface area is 92.2 Å². The molecule has 1 aliphatic rings. The van der Waals surface area contributed by atoms with Gasteiger partial charge in [-0.2, -0.15) is 0 Å². The van der Waals surface area contributed by atoms with Gasteiger partial charge in [0, 0.05) is 32.1 Å². The Morgan fingerprint density at radius 3 is 2.27 bits per heavy atom. The largest absolute Gasteiger partial charge is 0.354 e. The first kappa shape index (κ1) is 12.5. The van der Waals surface area contributed by atoms with Gasteiger partial charge in [0.25, 0.3) is 0 Å². The van der Waals surface area contributed by atoms with E-state index >= 15 is 0 Å². The molecule has 15 heavy (non-hydrogen) atoms. The van der Waals surface area contributed by atoms with Gasteiger partial charge in [0.1, 0.15) is 0 Å². The maximum atomic E-state index is 10.9. The van der Waals surface area contributed by atoms with Gasteiger partial charge in [-0.25, -0.2) is 0 Å². The third-order valence-electron chi connectivity index (χ3n) is 2.94. The van der Waals surface area contributed by atoms with E-state index in [1.165, 1.54) is 12.8 Å². The van der Waals surface area contributed by atoms with Gasteiger partial charge >= 0.3 is 0 Å². The number of likely N-dealkylation sites (N-methyl/N-ethyl adjacent to an activating group) is 1. The first-order valence-corrected chi connectivity index (χ1v) is 5.87. The number of carbonyl (C=O) groups is 1. The minimum atomic E-state index is 0.0987. The molecule has 0 heterocycles. The molecule has 1 aliphatic carbocycles. The van der Waals surface area contributed by atoms with Crippen LogP contribution < -0.4 is 16.0 Å². The molecule has 0 bridgehead atoms. The first-order valence-electron chi connectivity index (χ1n) is 5.87. The van der Waals surface area contributed by atoms with Gasteiger partial charge in [-0.1, -0.05) is 0 Å². The molecule has 0 aromatic carbocycles. The summed E-state index contributed by atoms with van der Waals surface area (Å²) in [5, 5.41) is 9.63. The van der Waals surface area contributed by atoms with Crippen LogP contribution in [-0.2, 0) is 4.79 Å². The molecule has 0 radical (unpaired) electrons. The Morgan fingerprint density at radius 2 is 1.73 bits per heavy atom. The molecule has 4 nitrogen and oxygen atoms in total. The Morgan fingerprint density at radius 1 is 1.13 bits per heavy atom. The average Bonchev–Trinajstić information content (AvgIpc) is 2.20. The zero-order chi connectivity index (χ0) is 11.1. The SMILES string of the molecule is CNCCNC1CCC(NC(C)=O)CC1. The molecule has 0 aliphatic heterocycles. The van der Waals surface area contributed by atoms with Crippen molar-refractivity contribution in [1.29, 1.82) is 0 Å². The summed E-state index contributed by atoms with van der Waals surface area (Å²) in [4.78, 5) is 10.9. The fourth-order valence-corrected chi connectivity index (χ4v) is 2.13. The second-order valence-corrected chi connectivity index (χ2v) is 4.31. The molecule has 0 aromatic heterocycles. The van der Waals surface area contributed by atoms with Crippen molar-refractivity contribution in [3.05, 3.63) is 0 Å². The first-order chi connectivity index (χ1) is 7.22. The van der Waals surface area contributed by atoms with E-state index in [9.17, 15) is 4.79 Å². The van der Waals surface area contributed by atoms with Gasteiger partial charge in [-0.05, 0) is 32.7 Å². The molecule has 4 heteroatoms. The number of carbonyl (C=O) groups excluding carboxylic acids is 1. The van der Waals surface area contributed by atoms with Gasteiger partial charge in [-0.3, -0.25) is 4.79 Å². The molecule has 0 atom stereocenters. The van der Waals surface area contributed by atoms with Crippen molar-refractivity contribution in [3.8, 4) is 0 Å². The Balaban J connectivity index is 2.10. The lowest BCUT2D eigenvalue weighted by Gasteiger charge is -2.29. The minimum absolute atomic E-state index is 0.0987. The third-order valence-corrected chi connectivity index (χ3v) is 2.94. The van der Waals surface area contributed by atoms with Gasteiger partial charge in [0.05, 0.1) is 0 Å². The van der Waals surface area contributed by atoms with Crippen molar-refractivity contribution < 1.29 is 4.79 Å². The van der Waals surface area contributed by atoms with Crippen molar-refractivity contribution >= 4 is 5.91 Å². The molecular weight excluding hydrogens is 190 g/mol. The van der Waals surface area contributed by atoms with Crippen molar-refractivity contribution in [3.63, 3.8) is 0 Å². The lowest BCUT2D eigenvalue weighted by molar-refractivity contribution is -0.119. The number of hydrogen-bond donors (Lipinski definition) is 3. The van der Waals surface area contributed by atoms with Gasteiger partial charge in [0.2, 0.25) is 5.91 Å². The van der Waals surface area contributed by atoms with Crippen molar-refractivity contribution in [2.24, 2.45) is 0 Å². The molecule has 0 aromatic rings. The van der Waals surface area contributed by atoms with E-state index in [1.54, 1.807) is 6.92 Å². The summed E-state index contributed by atoms with van der Waals surface area (Å²) in [6, 6.07) is 1.05. The van der Waals surface area contributed by atoms with Crippen LogP contribution in [0.5, 0.6) is 0 Å². The topological polar surface area (TPSA) is 53.2 Å². The zero-order valence-electron chi connectivity index (χ0n) is 9.81. The molecule has 3 N–H and O–H groups in total. The van der Waals surface area contributed by atoms with Gasteiger partial charge < -0.3 is 16.0 Å². The monoisotopic (exact) mass is 213 g/mol. The van der Waals surface area contributed by atoms with Gasteiger partial charge in [-0.15, -0.1) is 0 Å². The van der Waals surface area contributed by atoms with Crippen LogP contribution in [0.15, 0.2) is 0 Å². The average molecular weight is 213 g/mol. The Bertz CT molecular complexity index is 188. The Kier molecular flexibility index (Phi) is 5.65. The lowest BCUT2D eigenvalue weighted by Crippen LogP contribution is -2.42. The molecular formula is C11H23N3O. The highest BCUT2D eigenvalue weighted by molar-refractivity contribution is 5.73. The van der Waals surface area contributed by atoms with Crippen LogP contribution >= 0.6 is 0 Å². The predicted molar refractivity (Wildman–Crippen MR) is 61.8 cm³/mol. The molecule has 1 saturated carbocycles. The van der Waals surface area contributed by atoms with E-state index in [-0.39, 0.29) is 5.91 Å². The van der Waals surface area contributed by atoms with Gasteiger partial charge in [0.15, 0.2) is 0 Å². The minimum Gasteiger partial charge on any atom is -0.354 e. The molecule has 0 saturated heterocycles. The summed E-state index contributed by atoms with van der Waals surface area (Å²) in [6.07, 6.45) is 4.57. The summed E-state index contributed by atoms with van der Waals surface area (Å²) >= 11 is 0. The summed E-state index contributed by atoms with van der Waals surface area (Å²) in [7, 11) is 1.97. The highest BCUT2D eigenvalue weighted by atomic mass is 16.1. The van der Waals surface area contributed by atoms with Crippen LogP contribution in [0.1, 0.15) is 32.6 Å². The van der Waals surface area contributed by atoms with Crippen LogP contribution in [0.3, 0.4) is 0 Å². The van der Waals surface area contributed by atoms with E-state index < -0.39 is 0 Å². The quantitative estimate of drug-likeness (QED) is 0.574. The number of hydrogen-bond acceptors (Lipinski definition) is 3. The standard InChI is InChI=1S/C11H23N3O/c1-9(15)14-11-5-3-10(4-6-11)13-8-7-12-2/h10-13H,3-8H2,1-2H3,(H,14,15). The maximum absolute atomic E-state index is 10.9. The molecule has 1 rings (SSSR count). The van der Waals surface area contributed by atoms with Crippen molar-refractivity contribution in [1.82, 2.24) is 16.0 Å². The fraction of sp³-hybridized carbons (Fsp3) is 0.909. The number of rotatable bonds is 5. The molecule has 0 unspecified atom stereocenters. The van der Waals surface area contributed by atoms with Crippen LogP contribution in [0, 0.1) is 0 Å². The smallest absolute Gasteiger partial charge is 0.217 e. The molecule has 0 spiro atoms. The van der Waals surface area contributed by atoms with E-state index in [4.69, 9.17) is 0 Å². The summed E-state index contributed by atoms with van der Waals surface area (Å²) in [5.74, 6) is 0.0987. The highest BCUT2D eigenvalue weighted by Crippen LogP contribution is 2.18. The van der Waals surface area contributed by atoms with E-state index in [0.29, 0.717) is 12.1 Å². The summed E-state index contributed by atoms with van der Waals surface area (Å²) < 4.78 is 0. The second-order valence-electron chi connectivity index (χ2n) is 4.31. The second kappa shape index (κ2) is 6.80. The lowest BCUT2D eigenvalue weighted by atomic mass is 9.91. The fourth-order valence-electron chi connectivity index (χ4n) is 2.13. The van der Waals surface area contributed by atoms with E-state index in [0.717, 1.165) is 25.9 Å². The zero-order valence-corrected chi connectivity index (χ0v) is 9.81. The van der Waals surface area contributed by atoms with Crippen molar-refractivity contribution in [2.75, 3.05) is 20.1 Å². The maximum Gasteiger partial charge on any atom is 0.217 e. The van der Waals surface area contributed by atoms with E-state index in [2.05, 4.69) is 16.0 Å². The predicted octanol–water partition coefficient (Wildman–Crippen LogP) is 0.243. The van der Waals surface area contributed by atoms with Crippen molar-refractivity contribution in [2.45, 2.75) is 44.7 Å². The van der Waals surface area contributed by atoms with Crippen LogP contribution in [0.4, 0.5) is 0 Å². The summed E-state index contributed by atoms with van der Waals surface area (Å²) in [5.41, 5.74) is 0. The van der Waals surface area contributed by atoms with Crippen LogP contribution in [-0.4, -0.2) is 38.1 Å². The summed E-state index contributed by atoms with van der Waals surface area (Å²) in [6.45, 7) is 3.65. The van der Waals surface area contributed by atoms with Crippen LogP contribution in [0.2, 0.25) is 0 Å². The highest BCUT2D eigenvalue weighted by Gasteiger charge is 2.20.